The second kappa shape index (κ2) is 7.41. The lowest BCUT2D eigenvalue weighted by Gasteiger charge is -2.28. The average molecular weight is 423 g/mol. The van der Waals surface area contributed by atoms with Gasteiger partial charge < -0.3 is 14.7 Å². The van der Waals surface area contributed by atoms with E-state index in [1.807, 2.05) is 0 Å². The molecule has 0 bridgehead atoms. The molecule has 3 aromatic rings. The van der Waals surface area contributed by atoms with Crippen LogP contribution >= 0.6 is 0 Å². The number of anilines is 1. The molecule has 1 saturated heterocycles. The van der Waals surface area contributed by atoms with E-state index < -0.39 is 51.3 Å². The first-order valence-electron chi connectivity index (χ1n) is 8.74. The Morgan fingerprint density at radius 3 is 2.27 bits per heavy atom. The maximum absolute atomic E-state index is 14.7. The first-order valence-corrected chi connectivity index (χ1v) is 8.74. The second-order valence-electron chi connectivity index (χ2n) is 6.53. The van der Waals surface area contributed by atoms with Crippen molar-refractivity contribution in [3.63, 3.8) is 0 Å². The van der Waals surface area contributed by atoms with Crippen molar-refractivity contribution in [1.29, 1.82) is 0 Å². The number of hydrogen-bond acceptors (Lipinski definition) is 5. The topological polar surface area (TPSA) is 84.7 Å². The van der Waals surface area contributed by atoms with Crippen LogP contribution < -0.4 is 10.3 Å². The minimum Gasteiger partial charge on any atom is -0.477 e. The van der Waals surface area contributed by atoms with Crippen molar-refractivity contribution in [2.24, 2.45) is 0 Å². The zero-order chi connectivity index (χ0) is 21.6. The van der Waals surface area contributed by atoms with Gasteiger partial charge in [-0.2, -0.15) is 0 Å². The summed E-state index contributed by atoms with van der Waals surface area (Å²) >= 11 is 0. The number of hydrogen-bond donors (Lipinski definition) is 1. The average Bonchev–Trinajstić information content (AvgIpc) is 2.69. The number of fused-ring (bicyclic) bond motifs is 1. The summed E-state index contributed by atoms with van der Waals surface area (Å²) < 4.78 is 62.8. The van der Waals surface area contributed by atoms with E-state index in [0.717, 1.165) is 6.07 Å². The van der Waals surface area contributed by atoms with E-state index >= 15 is 0 Å². The number of rotatable bonds is 3. The molecule has 0 radical (unpaired) electrons. The summed E-state index contributed by atoms with van der Waals surface area (Å²) in [5.41, 5.74) is -3.16. The normalized spacial score (nSPS) is 14.3. The third-order valence-electron chi connectivity index (χ3n) is 4.68. The van der Waals surface area contributed by atoms with E-state index in [-0.39, 0.29) is 24.6 Å². The van der Waals surface area contributed by atoms with Crippen LogP contribution in [0.1, 0.15) is 10.4 Å². The molecule has 1 aliphatic heterocycles. The molecule has 1 fully saturated rings. The fourth-order valence-corrected chi connectivity index (χ4v) is 3.30. The van der Waals surface area contributed by atoms with Crippen LogP contribution in [0.5, 0.6) is 0 Å². The first-order chi connectivity index (χ1) is 14.3. The molecule has 0 amide bonds. The second-order valence-corrected chi connectivity index (χ2v) is 6.53. The molecule has 0 unspecified atom stereocenters. The molecular weight excluding hydrogens is 410 g/mol. The number of benzene rings is 1. The Labute approximate surface area is 165 Å². The molecule has 2 aromatic heterocycles. The zero-order valence-corrected chi connectivity index (χ0v) is 15.2. The number of carbonyl (C=O) groups is 1. The highest BCUT2D eigenvalue weighted by Crippen LogP contribution is 2.27. The van der Waals surface area contributed by atoms with E-state index in [1.54, 1.807) is 0 Å². The van der Waals surface area contributed by atoms with Crippen LogP contribution in [-0.2, 0) is 4.74 Å². The predicted molar refractivity (Wildman–Crippen MR) is 97.2 cm³/mol. The summed E-state index contributed by atoms with van der Waals surface area (Å²) in [6.45, 7) is 1.16. The predicted octanol–water partition coefficient (Wildman–Crippen LogP) is 2.48. The highest BCUT2D eigenvalue weighted by Gasteiger charge is 2.24. The summed E-state index contributed by atoms with van der Waals surface area (Å²) in [7, 11) is 0. The van der Waals surface area contributed by atoms with Crippen LogP contribution in [0.4, 0.5) is 23.4 Å². The summed E-state index contributed by atoms with van der Waals surface area (Å²) in [4.78, 5) is 29.6. The van der Waals surface area contributed by atoms with Crippen molar-refractivity contribution in [2.45, 2.75) is 0 Å². The largest absolute Gasteiger partial charge is 0.477 e. The van der Waals surface area contributed by atoms with Crippen molar-refractivity contribution >= 4 is 22.8 Å². The van der Waals surface area contributed by atoms with Gasteiger partial charge >= 0.3 is 5.97 Å². The van der Waals surface area contributed by atoms with Gasteiger partial charge in [-0.25, -0.2) is 27.3 Å². The van der Waals surface area contributed by atoms with Crippen LogP contribution in [0.25, 0.3) is 16.7 Å². The summed E-state index contributed by atoms with van der Waals surface area (Å²) in [5.74, 6) is -6.68. The maximum atomic E-state index is 14.7. The van der Waals surface area contributed by atoms with Crippen LogP contribution in [-0.4, -0.2) is 46.9 Å². The van der Waals surface area contributed by atoms with Crippen LogP contribution in [0.15, 0.2) is 29.2 Å². The van der Waals surface area contributed by atoms with Crippen LogP contribution in [0.3, 0.4) is 0 Å². The van der Waals surface area contributed by atoms with Gasteiger partial charge in [0, 0.05) is 31.4 Å². The Hall–Kier alpha value is -3.47. The van der Waals surface area contributed by atoms with Gasteiger partial charge in [-0.3, -0.25) is 9.36 Å². The lowest BCUT2D eigenvalue weighted by atomic mass is 10.1. The molecule has 1 aliphatic rings. The number of carboxylic acid groups (broad SMARTS) is 1. The zero-order valence-electron chi connectivity index (χ0n) is 15.2. The van der Waals surface area contributed by atoms with E-state index in [2.05, 4.69) is 4.98 Å². The standard InChI is InChI=1S/C19H13F4N3O4/c20-9-5-12(21)15(13(22)6-9)26-8-11(19(28)29)16(27)10-7-14(23)18(24-17(10)26)25-1-3-30-4-2-25/h5-8H,1-4H2,(H,28,29). The van der Waals surface area contributed by atoms with Gasteiger partial charge in [0.25, 0.3) is 0 Å². The molecule has 7 nitrogen and oxygen atoms in total. The lowest BCUT2D eigenvalue weighted by molar-refractivity contribution is 0.0695. The highest BCUT2D eigenvalue weighted by molar-refractivity contribution is 5.92. The van der Waals surface area contributed by atoms with Gasteiger partial charge in [0.15, 0.2) is 28.9 Å². The number of nitrogens with zero attached hydrogens (tertiary/aromatic N) is 3. The Morgan fingerprint density at radius 1 is 1.03 bits per heavy atom. The van der Waals surface area contributed by atoms with Gasteiger partial charge in [-0.05, 0) is 6.07 Å². The number of pyridine rings is 2. The fraction of sp³-hybridized carbons (Fsp3) is 0.211. The monoisotopic (exact) mass is 423 g/mol. The number of ether oxygens (including phenoxy) is 1. The molecule has 30 heavy (non-hydrogen) atoms. The van der Waals surface area contributed by atoms with Gasteiger partial charge in [0.05, 0.1) is 18.6 Å². The lowest BCUT2D eigenvalue weighted by Crippen LogP contribution is -2.37. The number of aromatic carboxylic acids is 1. The van der Waals surface area contributed by atoms with Crippen LogP contribution in [0.2, 0.25) is 0 Å². The fourth-order valence-electron chi connectivity index (χ4n) is 3.30. The molecular formula is C19H13F4N3O4. The molecule has 0 atom stereocenters. The number of aromatic nitrogens is 2. The summed E-state index contributed by atoms with van der Waals surface area (Å²) in [6, 6.07) is 1.57. The van der Waals surface area contributed by atoms with Crippen molar-refractivity contribution in [2.75, 3.05) is 31.2 Å². The van der Waals surface area contributed by atoms with E-state index in [4.69, 9.17) is 4.74 Å². The minimum absolute atomic E-state index is 0.190. The molecule has 4 rings (SSSR count). The Bertz CT molecular complexity index is 1220. The van der Waals surface area contributed by atoms with Crippen molar-refractivity contribution < 1.29 is 32.2 Å². The van der Waals surface area contributed by atoms with Crippen molar-refractivity contribution in [1.82, 2.24) is 9.55 Å². The molecule has 0 saturated carbocycles. The van der Waals surface area contributed by atoms with Gasteiger partial charge in [-0.1, -0.05) is 0 Å². The number of halogens is 4. The molecule has 11 heteroatoms. The highest BCUT2D eigenvalue weighted by atomic mass is 19.1. The molecule has 1 N–H and O–H groups in total. The molecule has 0 spiro atoms. The molecule has 1 aromatic carbocycles. The SMILES string of the molecule is O=C(O)c1cn(-c2c(F)cc(F)cc2F)c2nc(N3CCOCC3)c(F)cc2c1=O. The Morgan fingerprint density at radius 2 is 1.67 bits per heavy atom. The number of morpholine rings is 1. The Kier molecular flexibility index (Phi) is 4.90. The molecule has 0 aliphatic carbocycles. The molecule has 156 valence electrons. The first kappa shape index (κ1) is 19.8. The summed E-state index contributed by atoms with van der Waals surface area (Å²) in [6.07, 6.45) is 0.681. The smallest absolute Gasteiger partial charge is 0.341 e. The van der Waals surface area contributed by atoms with Crippen molar-refractivity contribution in [3.05, 3.63) is 63.5 Å². The van der Waals surface area contributed by atoms with Crippen LogP contribution in [0, 0.1) is 23.3 Å². The minimum atomic E-state index is -1.68. The molecule has 3 heterocycles. The van der Waals surface area contributed by atoms with E-state index in [1.165, 1.54) is 4.90 Å². The van der Waals surface area contributed by atoms with Gasteiger partial charge in [0.1, 0.15) is 17.1 Å². The third-order valence-corrected chi connectivity index (χ3v) is 4.68. The van der Waals surface area contributed by atoms with Gasteiger partial charge in [-0.15, -0.1) is 0 Å². The maximum Gasteiger partial charge on any atom is 0.341 e. The third kappa shape index (κ3) is 3.26. The van der Waals surface area contributed by atoms with E-state index in [9.17, 15) is 32.3 Å². The van der Waals surface area contributed by atoms with Gasteiger partial charge in [0.2, 0.25) is 5.43 Å². The quantitative estimate of drug-likeness (QED) is 0.652. The van der Waals surface area contributed by atoms with Crippen molar-refractivity contribution in [3.8, 4) is 5.69 Å². The Balaban J connectivity index is 2.08. The van der Waals surface area contributed by atoms with E-state index in [0.29, 0.717) is 36.1 Å². The number of carboxylic acids is 1. The summed E-state index contributed by atoms with van der Waals surface area (Å²) in [5, 5.41) is 8.82.